The van der Waals surface area contributed by atoms with Crippen LogP contribution in [0, 0.1) is 5.82 Å². The van der Waals surface area contributed by atoms with Crippen LogP contribution in [0.5, 0.6) is 0 Å². The van der Waals surface area contributed by atoms with Gasteiger partial charge in [0.05, 0.1) is 11.8 Å². The van der Waals surface area contributed by atoms with Crippen molar-refractivity contribution in [2.24, 2.45) is 0 Å². The minimum atomic E-state index is -0.264. The van der Waals surface area contributed by atoms with E-state index in [1.54, 1.807) is 19.2 Å². The number of halogens is 1. The number of ether oxygens (including phenoxy) is 1. The molecule has 0 aliphatic carbocycles. The first kappa shape index (κ1) is 9.27. The van der Waals surface area contributed by atoms with E-state index < -0.39 is 0 Å². The van der Waals surface area contributed by atoms with Crippen molar-refractivity contribution in [2.75, 3.05) is 30.8 Å². The molecule has 2 N–H and O–H groups in total. The largest absolute Gasteiger partial charge is 0.399 e. The molecule has 4 heteroatoms. The first-order chi connectivity index (χ1) is 6.70. The molecule has 1 aliphatic heterocycles. The maximum Gasteiger partial charge on any atom is 0.148 e. The fourth-order valence-electron chi connectivity index (χ4n) is 1.56. The lowest BCUT2D eigenvalue weighted by atomic mass is 10.1. The zero-order valence-corrected chi connectivity index (χ0v) is 8.03. The zero-order chi connectivity index (χ0) is 10.1. The van der Waals surface area contributed by atoms with Crippen LogP contribution < -0.4 is 10.6 Å². The molecule has 1 heterocycles. The first-order valence-electron chi connectivity index (χ1n) is 4.53. The number of benzene rings is 1. The summed E-state index contributed by atoms with van der Waals surface area (Å²) in [5.41, 5.74) is 6.52. The molecule has 0 atom stereocenters. The molecule has 3 nitrogen and oxygen atoms in total. The minimum Gasteiger partial charge on any atom is -0.399 e. The number of nitrogens with zero attached hydrogens (tertiary/aromatic N) is 1. The summed E-state index contributed by atoms with van der Waals surface area (Å²) in [7, 11) is 1.67. The van der Waals surface area contributed by atoms with Crippen LogP contribution in [0.25, 0.3) is 0 Å². The average Bonchev–Trinajstić information content (AvgIpc) is 2.06. The Morgan fingerprint density at radius 2 is 2.21 bits per heavy atom. The summed E-state index contributed by atoms with van der Waals surface area (Å²) in [6.45, 7) is 1.49. The SMILES string of the molecule is COC1CN(c2ccc(N)cc2F)C1. The lowest BCUT2D eigenvalue weighted by molar-refractivity contribution is 0.0784. The second-order valence-electron chi connectivity index (χ2n) is 3.47. The van der Waals surface area contributed by atoms with Gasteiger partial charge in [-0.2, -0.15) is 0 Å². The Labute approximate surface area is 82.3 Å². The molecule has 1 saturated heterocycles. The lowest BCUT2D eigenvalue weighted by Crippen LogP contribution is -2.52. The van der Waals surface area contributed by atoms with E-state index in [9.17, 15) is 4.39 Å². The highest BCUT2D eigenvalue weighted by Crippen LogP contribution is 2.26. The summed E-state index contributed by atoms with van der Waals surface area (Å²) < 4.78 is 18.5. The quantitative estimate of drug-likeness (QED) is 0.723. The van der Waals surface area contributed by atoms with Crippen LogP contribution in [0.1, 0.15) is 0 Å². The monoisotopic (exact) mass is 196 g/mol. The average molecular weight is 196 g/mol. The van der Waals surface area contributed by atoms with Crippen molar-refractivity contribution in [3.8, 4) is 0 Å². The third-order valence-corrected chi connectivity index (χ3v) is 2.49. The highest BCUT2D eigenvalue weighted by molar-refractivity contribution is 5.56. The Bertz CT molecular complexity index is 337. The maximum absolute atomic E-state index is 13.4. The topological polar surface area (TPSA) is 38.5 Å². The fourth-order valence-corrected chi connectivity index (χ4v) is 1.56. The highest BCUT2D eigenvalue weighted by Gasteiger charge is 2.28. The molecule has 0 unspecified atom stereocenters. The molecule has 14 heavy (non-hydrogen) atoms. The van der Waals surface area contributed by atoms with E-state index in [4.69, 9.17) is 10.5 Å². The maximum atomic E-state index is 13.4. The van der Waals surface area contributed by atoms with Gasteiger partial charge >= 0.3 is 0 Å². The van der Waals surface area contributed by atoms with Gasteiger partial charge in [0.2, 0.25) is 0 Å². The summed E-state index contributed by atoms with van der Waals surface area (Å²) in [5.74, 6) is -0.264. The summed E-state index contributed by atoms with van der Waals surface area (Å²) in [4.78, 5) is 1.93. The van der Waals surface area contributed by atoms with Gasteiger partial charge in [0, 0.05) is 25.9 Å². The fraction of sp³-hybridized carbons (Fsp3) is 0.400. The Balaban J connectivity index is 2.11. The van der Waals surface area contributed by atoms with E-state index in [2.05, 4.69) is 0 Å². The van der Waals surface area contributed by atoms with Gasteiger partial charge in [-0.05, 0) is 18.2 Å². The van der Waals surface area contributed by atoms with Crippen LogP contribution in [0.4, 0.5) is 15.8 Å². The zero-order valence-electron chi connectivity index (χ0n) is 8.03. The van der Waals surface area contributed by atoms with Crippen LogP contribution in [0.2, 0.25) is 0 Å². The predicted octanol–water partition coefficient (Wildman–Crippen LogP) is 1.24. The summed E-state index contributed by atoms with van der Waals surface area (Å²) in [6.07, 6.45) is 0.229. The van der Waals surface area contributed by atoms with Crippen molar-refractivity contribution in [2.45, 2.75) is 6.10 Å². The number of nitrogens with two attached hydrogens (primary N) is 1. The molecule has 1 aromatic rings. The molecule has 0 bridgehead atoms. The highest BCUT2D eigenvalue weighted by atomic mass is 19.1. The minimum absolute atomic E-state index is 0.229. The molecule has 1 aromatic carbocycles. The number of methoxy groups -OCH3 is 1. The molecule has 0 amide bonds. The molecule has 0 aromatic heterocycles. The first-order valence-corrected chi connectivity index (χ1v) is 4.53. The van der Waals surface area contributed by atoms with Crippen LogP contribution >= 0.6 is 0 Å². The molecule has 0 spiro atoms. The van der Waals surface area contributed by atoms with Crippen molar-refractivity contribution < 1.29 is 9.13 Å². The van der Waals surface area contributed by atoms with E-state index >= 15 is 0 Å². The third-order valence-electron chi connectivity index (χ3n) is 2.49. The number of nitrogen functional groups attached to an aromatic ring is 1. The van der Waals surface area contributed by atoms with Gasteiger partial charge in [-0.25, -0.2) is 4.39 Å². The van der Waals surface area contributed by atoms with Gasteiger partial charge < -0.3 is 15.4 Å². The van der Waals surface area contributed by atoms with E-state index in [1.807, 2.05) is 4.90 Å². The molecule has 0 radical (unpaired) electrons. The van der Waals surface area contributed by atoms with Crippen molar-refractivity contribution in [1.82, 2.24) is 0 Å². The Morgan fingerprint density at radius 1 is 1.50 bits per heavy atom. The number of hydrogen-bond acceptors (Lipinski definition) is 3. The van der Waals surface area contributed by atoms with Crippen LogP contribution in [0.15, 0.2) is 18.2 Å². The van der Waals surface area contributed by atoms with E-state index in [0.717, 1.165) is 13.1 Å². The molecule has 1 fully saturated rings. The Hall–Kier alpha value is -1.29. The number of hydrogen-bond donors (Lipinski definition) is 1. The number of anilines is 2. The lowest BCUT2D eigenvalue weighted by Gasteiger charge is -2.40. The smallest absolute Gasteiger partial charge is 0.148 e. The van der Waals surface area contributed by atoms with Gasteiger partial charge in [0.25, 0.3) is 0 Å². The molecular weight excluding hydrogens is 183 g/mol. The second kappa shape index (κ2) is 3.46. The van der Waals surface area contributed by atoms with Crippen LogP contribution in [0.3, 0.4) is 0 Å². The predicted molar refractivity (Wildman–Crippen MR) is 53.8 cm³/mol. The van der Waals surface area contributed by atoms with E-state index in [1.165, 1.54) is 6.07 Å². The van der Waals surface area contributed by atoms with Crippen LogP contribution in [-0.4, -0.2) is 26.3 Å². The van der Waals surface area contributed by atoms with Gasteiger partial charge in [0.15, 0.2) is 0 Å². The summed E-state index contributed by atoms with van der Waals surface area (Å²) in [5, 5.41) is 0. The van der Waals surface area contributed by atoms with Crippen LogP contribution in [-0.2, 0) is 4.74 Å². The van der Waals surface area contributed by atoms with Crippen molar-refractivity contribution in [3.05, 3.63) is 24.0 Å². The van der Waals surface area contributed by atoms with Crippen molar-refractivity contribution in [3.63, 3.8) is 0 Å². The third kappa shape index (κ3) is 1.53. The molecule has 76 valence electrons. The van der Waals surface area contributed by atoms with Gasteiger partial charge in [-0.1, -0.05) is 0 Å². The van der Waals surface area contributed by atoms with E-state index in [-0.39, 0.29) is 11.9 Å². The molecule has 1 aliphatic rings. The number of rotatable bonds is 2. The normalized spacial score (nSPS) is 16.9. The van der Waals surface area contributed by atoms with Gasteiger partial charge in [0.1, 0.15) is 5.82 Å². The van der Waals surface area contributed by atoms with Gasteiger partial charge in [-0.3, -0.25) is 0 Å². The van der Waals surface area contributed by atoms with Crippen molar-refractivity contribution >= 4 is 11.4 Å². The molecular formula is C10H13FN2O. The van der Waals surface area contributed by atoms with E-state index in [0.29, 0.717) is 11.4 Å². The van der Waals surface area contributed by atoms with Gasteiger partial charge in [-0.15, -0.1) is 0 Å². The Morgan fingerprint density at radius 3 is 2.79 bits per heavy atom. The summed E-state index contributed by atoms with van der Waals surface area (Å²) in [6, 6.07) is 4.75. The van der Waals surface area contributed by atoms with Crippen molar-refractivity contribution in [1.29, 1.82) is 0 Å². The molecule has 0 saturated carbocycles. The standard InChI is InChI=1S/C10H13FN2O/c1-14-8-5-13(6-8)10-3-2-7(12)4-9(10)11/h2-4,8H,5-6,12H2,1H3. The second-order valence-corrected chi connectivity index (χ2v) is 3.47. The molecule has 2 rings (SSSR count). The summed E-state index contributed by atoms with van der Waals surface area (Å²) >= 11 is 0. The Kier molecular flexibility index (Phi) is 2.29.